The summed E-state index contributed by atoms with van der Waals surface area (Å²) >= 11 is 1.61. The number of amides is 1. The molecular formula is C15H19N3O3S. The smallest absolute Gasteiger partial charge is 0.409 e. The van der Waals surface area contributed by atoms with E-state index in [-0.39, 0.29) is 6.09 Å². The Bertz CT molecular complexity index is 611. The summed E-state index contributed by atoms with van der Waals surface area (Å²) in [6.07, 6.45) is 2.52. The minimum absolute atomic E-state index is 0.225. The number of hydrogen-bond acceptors (Lipinski definition) is 6. The molecule has 0 spiro atoms. The van der Waals surface area contributed by atoms with Crippen molar-refractivity contribution in [2.75, 3.05) is 19.7 Å². The standard InChI is InChI=1S/C15H19N3O3S/c1-2-20-15(19)18-6-3-4-11(9-18)8-13-16-14(17-21-13)12-5-7-22-10-12/h5,7,10-11H,2-4,6,8-9H2,1H3/t11-/m1/s1. The molecule has 0 unspecified atom stereocenters. The maximum Gasteiger partial charge on any atom is 0.409 e. The summed E-state index contributed by atoms with van der Waals surface area (Å²) in [6.45, 7) is 3.69. The predicted octanol–water partition coefficient (Wildman–Crippen LogP) is 3.21. The first-order valence-electron chi connectivity index (χ1n) is 7.53. The Morgan fingerprint density at radius 3 is 3.27 bits per heavy atom. The van der Waals surface area contributed by atoms with E-state index in [9.17, 15) is 4.79 Å². The second-order valence-corrected chi connectivity index (χ2v) is 6.16. The molecule has 2 aromatic heterocycles. The number of piperidine rings is 1. The highest BCUT2D eigenvalue weighted by molar-refractivity contribution is 7.08. The number of ether oxygens (including phenoxy) is 1. The Kier molecular flexibility index (Phi) is 4.72. The zero-order chi connectivity index (χ0) is 15.4. The molecule has 3 heterocycles. The van der Waals surface area contributed by atoms with Crippen molar-refractivity contribution in [3.63, 3.8) is 0 Å². The fourth-order valence-corrected chi connectivity index (χ4v) is 3.34. The van der Waals surface area contributed by atoms with Crippen LogP contribution in [-0.4, -0.2) is 40.8 Å². The molecule has 3 rings (SSSR count). The minimum Gasteiger partial charge on any atom is -0.450 e. The van der Waals surface area contributed by atoms with Crippen molar-refractivity contribution in [3.8, 4) is 11.4 Å². The topological polar surface area (TPSA) is 68.5 Å². The van der Waals surface area contributed by atoms with Gasteiger partial charge in [-0.15, -0.1) is 0 Å². The number of rotatable bonds is 4. The van der Waals surface area contributed by atoms with Crippen LogP contribution in [0.3, 0.4) is 0 Å². The van der Waals surface area contributed by atoms with Crippen molar-refractivity contribution in [2.45, 2.75) is 26.2 Å². The first-order valence-corrected chi connectivity index (χ1v) is 8.47. The van der Waals surface area contributed by atoms with Crippen LogP contribution >= 0.6 is 11.3 Å². The van der Waals surface area contributed by atoms with Crippen LogP contribution in [0.5, 0.6) is 0 Å². The summed E-state index contributed by atoms with van der Waals surface area (Å²) in [6, 6.07) is 1.97. The monoisotopic (exact) mass is 321 g/mol. The van der Waals surface area contributed by atoms with E-state index in [0.29, 0.717) is 37.2 Å². The van der Waals surface area contributed by atoms with Crippen molar-refractivity contribution in [1.82, 2.24) is 15.0 Å². The van der Waals surface area contributed by atoms with Gasteiger partial charge in [0.25, 0.3) is 0 Å². The van der Waals surface area contributed by atoms with Gasteiger partial charge in [-0.2, -0.15) is 16.3 Å². The Hall–Kier alpha value is -1.89. The summed E-state index contributed by atoms with van der Waals surface area (Å²) in [5.74, 6) is 1.61. The van der Waals surface area contributed by atoms with E-state index < -0.39 is 0 Å². The van der Waals surface area contributed by atoms with Crippen LogP contribution in [0.1, 0.15) is 25.7 Å². The number of nitrogens with zero attached hydrogens (tertiary/aromatic N) is 3. The van der Waals surface area contributed by atoms with E-state index in [4.69, 9.17) is 9.26 Å². The van der Waals surface area contributed by atoms with E-state index in [0.717, 1.165) is 24.9 Å². The number of carbonyl (C=O) groups is 1. The number of aromatic nitrogens is 2. The minimum atomic E-state index is -0.225. The number of thiophene rings is 1. The lowest BCUT2D eigenvalue weighted by molar-refractivity contribution is 0.0871. The van der Waals surface area contributed by atoms with E-state index in [2.05, 4.69) is 10.1 Å². The van der Waals surface area contributed by atoms with Crippen molar-refractivity contribution >= 4 is 17.4 Å². The van der Waals surface area contributed by atoms with Crippen LogP contribution < -0.4 is 0 Å². The normalized spacial score (nSPS) is 18.4. The average Bonchev–Trinajstić information content (AvgIpc) is 3.18. The van der Waals surface area contributed by atoms with Gasteiger partial charge >= 0.3 is 6.09 Å². The predicted molar refractivity (Wildman–Crippen MR) is 82.6 cm³/mol. The van der Waals surface area contributed by atoms with Gasteiger partial charge in [-0.05, 0) is 37.1 Å². The van der Waals surface area contributed by atoms with E-state index >= 15 is 0 Å². The van der Waals surface area contributed by atoms with Gasteiger partial charge in [0.05, 0.1) is 6.61 Å². The highest BCUT2D eigenvalue weighted by atomic mass is 32.1. The quantitative estimate of drug-likeness (QED) is 0.865. The molecule has 6 nitrogen and oxygen atoms in total. The molecule has 1 saturated heterocycles. The van der Waals surface area contributed by atoms with Crippen LogP contribution in [0.2, 0.25) is 0 Å². The van der Waals surface area contributed by atoms with Gasteiger partial charge in [-0.3, -0.25) is 0 Å². The Morgan fingerprint density at radius 2 is 2.50 bits per heavy atom. The first kappa shape index (κ1) is 15.0. The van der Waals surface area contributed by atoms with E-state index in [1.165, 1.54) is 0 Å². The van der Waals surface area contributed by atoms with Crippen molar-refractivity contribution in [1.29, 1.82) is 0 Å². The molecule has 0 aliphatic carbocycles. The van der Waals surface area contributed by atoms with Gasteiger partial charge in [0.1, 0.15) is 0 Å². The number of carbonyl (C=O) groups excluding carboxylic acids is 1. The molecule has 1 aliphatic rings. The molecule has 118 valence electrons. The van der Waals surface area contributed by atoms with Crippen LogP contribution in [0.25, 0.3) is 11.4 Å². The maximum atomic E-state index is 11.8. The molecule has 1 fully saturated rings. The number of likely N-dealkylation sites (tertiary alicyclic amines) is 1. The van der Waals surface area contributed by atoms with Crippen LogP contribution in [0.15, 0.2) is 21.3 Å². The molecule has 0 aromatic carbocycles. The molecule has 22 heavy (non-hydrogen) atoms. The van der Waals surface area contributed by atoms with Crippen LogP contribution in [0, 0.1) is 5.92 Å². The van der Waals surface area contributed by atoms with Gasteiger partial charge in [-0.1, -0.05) is 5.16 Å². The maximum absolute atomic E-state index is 11.8. The first-order chi connectivity index (χ1) is 10.8. The third-order valence-corrected chi connectivity index (χ3v) is 4.44. The zero-order valence-electron chi connectivity index (χ0n) is 12.5. The Balaban J connectivity index is 1.60. The van der Waals surface area contributed by atoms with Crippen molar-refractivity contribution in [3.05, 3.63) is 22.7 Å². The molecular weight excluding hydrogens is 302 g/mol. The lowest BCUT2D eigenvalue weighted by Crippen LogP contribution is -2.40. The molecule has 0 N–H and O–H groups in total. The van der Waals surface area contributed by atoms with Gasteiger partial charge in [-0.25, -0.2) is 4.79 Å². The SMILES string of the molecule is CCOC(=O)N1CCC[C@H](Cc2nc(-c3ccsc3)no2)C1. The average molecular weight is 321 g/mol. The molecule has 1 aliphatic heterocycles. The Labute approximate surface area is 133 Å². The molecule has 0 saturated carbocycles. The molecule has 1 amide bonds. The summed E-state index contributed by atoms with van der Waals surface area (Å²) in [4.78, 5) is 18.0. The van der Waals surface area contributed by atoms with Gasteiger partial charge in [0.2, 0.25) is 11.7 Å². The summed E-state index contributed by atoms with van der Waals surface area (Å²) < 4.78 is 10.4. The third kappa shape index (κ3) is 3.47. The second kappa shape index (κ2) is 6.91. The van der Waals surface area contributed by atoms with Crippen LogP contribution in [0.4, 0.5) is 4.79 Å². The molecule has 0 bridgehead atoms. The fraction of sp³-hybridized carbons (Fsp3) is 0.533. The third-order valence-electron chi connectivity index (χ3n) is 3.76. The highest BCUT2D eigenvalue weighted by Gasteiger charge is 2.26. The second-order valence-electron chi connectivity index (χ2n) is 5.38. The fourth-order valence-electron chi connectivity index (χ4n) is 2.71. The lowest BCUT2D eigenvalue weighted by Gasteiger charge is -2.31. The summed E-state index contributed by atoms with van der Waals surface area (Å²) in [5.41, 5.74) is 0.983. The molecule has 2 aromatic rings. The van der Waals surface area contributed by atoms with Gasteiger partial charge in [0, 0.05) is 30.5 Å². The van der Waals surface area contributed by atoms with Gasteiger partial charge < -0.3 is 14.2 Å². The van der Waals surface area contributed by atoms with Crippen molar-refractivity contribution in [2.24, 2.45) is 5.92 Å². The summed E-state index contributed by atoms with van der Waals surface area (Å²) in [7, 11) is 0. The van der Waals surface area contributed by atoms with E-state index in [1.807, 2.05) is 23.8 Å². The number of hydrogen-bond donors (Lipinski definition) is 0. The highest BCUT2D eigenvalue weighted by Crippen LogP contribution is 2.23. The largest absolute Gasteiger partial charge is 0.450 e. The van der Waals surface area contributed by atoms with Crippen LogP contribution in [-0.2, 0) is 11.2 Å². The zero-order valence-corrected chi connectivity index (χ0v) is 13.3. The Morgan fingerprint density at radius 1 is 1.59 bits per heavy atom. The molecule has 0 radical (unpaired) electrons. The molecule has 7 heteroatoms. The van der Waals surface area contributed by atoms with Gasteiger partial charge in [0.15, 0.2) is 0 Å². The molecule has 1 atom stereocenters. The lowest BCUT2D eigenvalue weighted by atomic mass is 9.95. The summed E-state index contributed by atoms with van der Waals surface area (Å²) in [5, 5.41) is 8.01. The van der Waals surface area contributed by atoms with Crippen molar-refractivity contribution < 1.29 is 14.1 Å². The van der Waals surface area contributed by atoms with E-state index in [1.54, 1.807) is 16.2 Å².